The lowest BCUT2D eigenvalue weighted by atomic mass is 9.98. The highest BCUT2D eigenvalue weighted by Crippen LogP contribution is 2.31. The minimum atomic E-state index is 0.0509. The lowest BCUT2D eigenvalue weighted by Gasteiger charge is -2.48. The van der Waals surface area contributed by atoms with Gasteiger partial charge in [0.25, 0.3) is 0 Å². The van der Waals surface area contributed by atoms with Gasteiger partial charge in [-0.1, -0.05) is 30.3 Å². The Morgan fingerprint density at radius 1 is 1.00 bits per heavy atom. The first-order chi connectivity index (χ1) is 13.8. The van der Waals surface area contributed by atoms with Crippen molar-refractivity contribution < 1.29 is 0 Å². The van der Waals surface area contributed by atoms with Crippen molar-refractivity contribution in [2.45, 2.75) is 12.1 Å². The molecule has 0 aliphatic carbocycles. The third-order valence-electron chi connectivity index (χ3n) is 5.42. The zero-order valence-corrected chi connectivity index (χ0v) is 15.3. The second-order valence-electron chi connectivity index (χ2n) is 7.15. The molecule has 1 fully saturated rings. The van der Waals surface area contributed by atoms with E-state index in [0.717, 1.165) is 35.4 Å². The van der Waals surface area contributed by atoms with Gasteiger partial charge in [0.05, 0.1) is 29.2 Å². The summed E-state index contributed by atoms with van der Waals surface area (Å²) >= 11 is 0. The quantitative estimate of drug-likeness (QED) is 0.706. The van der Waals surface area contributed by atoms with Crippen molar-refractivity contribution in [2.75, 3.05) is 18.0 Å². The summed E-state index contributed by atoms with van der Waals surface area (Å²) in [5, 5.41) is 10.4. The highest BCUT2D eigenvalue weighted by atomic mass is 15.3. The predicted octanol–water partition coefficient (Wildman–Crippen LogP) is 3.89. The maximum Gasteiger partial charge on any atom is 0.129 e. The van der Waals surface area contributed by atoms with E-state index >= 15 is 0 Å². The van der Waals surface area contributed by atoms with Gasteiger partial charge in [0.1, 0.15) is 5.82 Å². The van der Waals surface area contributed by atoms with E-state index in [1.165, 1.54) is 0 Å². The summed E-state index contributed by atoms with van der Waals surface area (Å²) in [7, 11) is 0. The van der Waals surface area contributed by atoms with Crippen molar-refractivity contribution >= 4 is 22.9 Å². The Kier molecular flexibility index (Phi) is 4.02. The molecule has 1 atom stereocenters. The number of nitriles is 1. The molecular weight excluding hydrogens is 346 g/mol. The standard InChI is InChI=1S/C23H19N5/c24-13-17-4-3-6-19(12-17)22-14-25-10-11-28(22)20-15-27(16-20)23-9-8-18-5-1-2-7-21(18)26-23/h1-12,14,20,22H,15-16H2. The molecule has 1 unspecified atom stereocenters. The van der Waals surface area contributed by atoms with E-state index in [4.69, 9.17) is 4.98 Å². The smallest absolute Gasteiger partial charge is 0.129 e. The molecule has 2 aliphatic rings. The Balaban J connectivity index is 1.34. The van der Waals surface area contributed by atoms with E-state index in [1.807, 2.05) is 42.7 Å². The van der Waals surface area contributed by atoms with Crippen molar-refractivity contribution in [1.82, 2.24) is 9.88 Å². The number of para-hydroxylation sites is 1. The van der Waals surface area contributed by atoms with Crippen LogP contribution in [0.25, 0.3) is 10.9 Å². The Morgan fingerprint density at radius 3 is 2.79 bits per heavy atom. The fraction of sp³-hybridized carbons (Fsp3) is 0.174. The third kappa shape index (κ3) is 2.89. The Bertz CT molecular complexity index is 1120. The minimum absolute atomic E-state index is 0.0509. The van der Waals surface area contributed by atoms with Crippen LogP contribution in [0.3, 0.4) is 0 Å². The van der Waals surface area contributed by atoms with Crippen LogP contribution < -0.4 is 4.90 Å². The van der Waals surface area contributed by atoms with Crippen LogP contribution in [0.2, 0.25) is 0 Å². The highest BCUT2D eigenvalue weighted by molar-refractivity contribution is 5.80. The van der Waals surface area contributed by atoms with Gasteiger partial charge in [-0.3, -0.25) is 4.99 Å². The molecule has 1 aromatic heterocycles. The Hall–Kier alpha value is -3.65. The summed E-state index contributed by atoms with van der Waals surface area (Å²) in [6, 6.07) is 22.9. The van der Waals surface area contributed by atoms with E-state index in [-0.39, 0.29) is 6.04 Å². The van der Waals surface area contributed by atoms with Crippen LogP contribution in [0, 0.1) is 11.3 Å². The summed E-state index contributed by atoms with van der Waals surface area (Å²) in [5.74, 6) is 1.02. The Morgan fingerprint density at radius 2 is 1.89 bits per heavy atom. The van der Waals surface area contributed by atoms with Gasteiger partial charge in [-0.25, -0.2) is 4.98 Å². The van der Waals surface area contributed by atoms with Crippen LogP contribution in [-0.4, -0.2) is 35.2 Å². The summed E-state index contributed by atoms with van der Waals surface area (Å²) in [6.45, 7) is 1.83. The number of rotatable bonds is 3. The van der Waals surface area contributed by atoms with Crippen molar-refractivity contribution in [3.05, 3.63) is 84.2 Å². The molecule has 0 spiro atoms. The first-order valence-corrected chi connectivity index (χ1v) is 9.40. The number of aromatic nitrogens is 1. The average molecular weight is 365 g/mol. The van der Waals surface area contributed by atoms with Gasteiger partial charge in [-0.2, -0.15) is 5.26 Å². The number of pyridine rings is 1. The molecule has 0 saturated carbocycles. The van der Waals surface area contributed by atoms with Crippen LogP contribution in [-0.2, 0) is 0 Å². The molecule has 5 nitrogen and oxygen atoms in total. The molecule has 28 heavy (non-hydrogen) atoms. The number of hydrogen-bond donors (Lipinski definition) is 0. The number of hydrogen-bond acceptors (Lipinski definition) is 5. The third-order valence-corrected chi connectivity index (χ3v) is 5.42. The van der Waals surface area contributed by atoms with Crippen molar-refractivity contribution in [2.24, 2.45) is 4.99 Å². The summed E-state index contributed by atoms with van der Waals surface area (Å²) < 4.78 is 0. The number of anilines is 1. The molecule has 3 heterocycles. The average Bonchev–Trinajstić information content (AvgIpc) is 2.73. The van der Waals surface area contributed by atoms with Crippen LogP contribution in [0.4, 0.5) is 5.82 Å². The number of benzene rings is 2. The molecule has 0 amide bonds. The highest BCUT2D eigenvalue weighted by Gasteiger charge is 2.35. The van der Waals surface area contributed by atoms with Crippen molar-refractivity contribution in [3.8, 4) is 6.07 Å². The van der Waals surface area contributed by atoms with Gasteiger partial charge in [0, 0.05) is 37.1 Å². The molecule has 5 rings (SSSR count). The zero-order chi connectivity index (χ0) is 18.9. The van der Waals surface area contributed by atoms with E-state index in [0.29, 0.717) is 11.6 Å². The van der Waals surface area contributed by atoms with Gasteiger partial charge < -0.3 is 9.80 Å². The van der Waals surface area contributed by atoms with Crippen LogP contribution >= 0.6 is 0 Å². The van der Waals surface area contributed by atoms with Crippen LogP contribution in [0.1, 0.15) is 17.2 Å². The van der Waals surface area contributed by atoms with E-state index < -0.39 is 0 Å². The van der Waals surface area contributed by atoms with Gasteiger partial charge >= 0.3 is 0 Å². The van der Waals surface area contributed by atoms with Crippen molar-refractivity contribution in [1.29, 1.82) is 5.26 Å². The molecule has 1 saturated heterocycles. The largest absolute Gasteiger partial charge is 0.357 e. The lowest BCUT2D eigenvalue weighted by molar-refractivity contribution is 0.209. The minimum Gasteiger partial charge on any atom is -0.357 e. The zero-order valence-electron chi connectivity index (χ0n) is 15.3. The van der Waals surface area contributed by atoms with E-state index in [9.17, 15) is 5.26 Å². The molecule has 2 aromatic carbocycles. The maximum atomic E-state index is 9.20. The molecule has 5 heteroatoms. The molecule has 0 N–H and O–H groups in total. The van der Waals surface area contributed by atoms with Gasteiger partial charge in [-0.15, -0.1) is 0 Å². The predicted molar refractivity (Wildman–Crippen MR) is 111 cm³/mol. The van der Waals surface area contributed by atoms with Gasteiger partial charge in [0.15, 0.2) is 0 Å². The molecule has 0 radical (unpaired) electrons. The summed E-state index contributed by atoms with van der Waals surface area (Å²) in [6.07, 6.45) is 5.84. The van der Waals surface area contributed by atoms with Crippen LogP contribution in [0.5, 0.6) is 0 Å². The van der Waals surface area contributed by atoms with E-state index in [1.54, 1.807) is 0 Å². The summed E-state index contributed by atoms with van der Waals surface area (Å²) in [5.41, 5.74) is 2.80. The van der Waals surface area contributed by atoms with Gasteiger partial charge in [-0.05, 0) is 35.9 Å². The fourth-order valence-corrected chi connectivity index (χ4v) is 3.88. The second kappa shape index (κ2) is 6.82. The number of aliphatic imine (C=N–C) groups is 1. The maximum absolute atomic E-state index is 9.20. The second-order valence-corrected chi connectivity index (χ2v) is 7.15. The Labute approximate surface area is 163 Å². The lowest BCUT2D eigenvalue weighted by Crippen LogP contribution is -2.59. The molecule has 3 aromatic rings. The first-order valence-electron chi connectivity index (χ1n) is 9.40. The first kappa shape index (κ1) is 16.5. The molecule has 0 bridgehead atoms. The fourth-order valence-electron chi connectivity index (χ4n) is 3.88. The normalized spacial score (nSPS) is 18.9. The number of fused-ring (bicyclic) bond motifs is 1. The van der Waals surface area contributed by atoms with E-state index in [2.05, 4.69) is 57.4 Å². The van der Waals surface area contributed by atoms with Gasteiger partial charge in [0.2, 0.25) is 0 Å². The summed E-state index contributed by atoms with van der Waals surface area (Å²) in [4.78, 5) is 13.8. The number of nitrogens with zero attached hydrogens (tertiary/aromatic N) is 5. The van der Waals surface area contributed by atoms with Crippen molar-refractivity contribution in [3.63, 3.8) is 0 Å². The molecular formula is C23H19N5. The monoisotopic (exact) mass is 365 g/mol. The topological polar surface area (TPSA) is 55.5 Å². The molecule has 136 valence electrons. The SMILES string of the molecule is N#Cc1cccc(C2C=NC=CN2C2CN(c3ccc4ccccc4n3)C2)c1. The van der Waals surface area contributed by atoms with Crippen LogP contribution in [0.15, 0.2) is 78.1 Å². The molecule has 2 aliphatic heterocycles.